The van der Waals surface area contributed by atoms with Gasteiger partial charge in [-0.25, -0.2) is 13.6 Å². The largest absolute Gasteiger partial charge is 0.337 e. The van der Waals surface area contributed by atoms with E-state index >= 15 is 0 Å². The highest BCUT2D eigenvalue weighted by Gasteiger charge is 2.27. The first-order valence-corrected chi connectivity index (χ1v) is 7.09. The molecule has 1 N–H and O–H groups in total. The molecule has 8 heteroatoms. The van der Waals surface area contributed by atoms with Crippen molar-refractivity contribution >= 4 is 17.8 Å². The number of amides is 4. The van der Waals surface area contributed by atoms with Gasteiger partial charge in [0.05, 0.1) is 6.04 Å². The number of benzene rings is 1. The van der Waals surface area contributed by atoms with Gasteiger partial charge >= 0.3 is 6.03 Å². The molecule has 0 spiro atoms. The average molecular weight is 325 g/mol. The Balaban J connectivity index is 2.02. The van der Waals surface area contributed by atoms with E-state index in [2.05, 4.69) is 5.32 Å². The molecule has 1 aromatic carbocycles. The molecule has 1 fully saturated rings. The van der Waals surface area contributed by atoms with Crippen LogP contribution < -0.4 is 5.32 Å². The minimum atomic E-state index is -0.982. The number of carbonyl (C=O) groups excluding carboxylic acids is 3. The van der Waals surface area contributed by atoms with Crippen LogP contribution in [0.4, 0.5) is 13.6 Å². The third-order valence-electron chi connectivity index (χ3n) is 3.87. The molecule has 1 aliphatic heterocycles. The Kier molecular flexibility index (Phi) is 4.92. The first kappa shape index (κ1) is 16.9. The molecule has 1 atom stereocenters. The number of hydrogen-bond acceptors (Lipinski definition) is 3. The Morgan fingerprint density at radius 2 is 2.04 bits per heavy atom. The summed E-state index contributed by atoms with van der Waals surface area (Å²) in [5, 5.41) is 2.13. The van der Waals surface area contributed by atoms with Crippen molar-refractivity contribution in [1.82, 2.24) is 15.1 Å². The van der Waals surface area contributed by atoms with Crippen LogP contribution in [0.25, 0.3) is 0 Å². The maximum absolute atomic E-state index is 13.3. The number of hydrogen-bond donors (Lipinski definition) is 1. The number of nitrogens with zero attached hydrogens (tertiary/aromatic N) is 2. The molecule has 124 valence electrons. The summed E-state index contributed by atoms with van der Waals surface area (Å²) in [5.74, 6) is -2.68. The number of rotatable bonds is 4. The van der Waals surface area contributed by atoms with Gasteiger partial charge in [-0.05, 0) is 24.6 Å². The quantitative estimate of drug-likeness (QED) is 0.910. The maximum Gasteiger partial charge on any atom is 0.324 e. The van der Waals surface area contributed by atoms with Crippen molar-refractivity contribution in [3.8, 4) is 0 Å². The van der Waals surface area contributed by atoms with E-state index < -0.39 is 23.7 Å². The second-order valence-corrected chi connectivity index (χ2v) is 5.38. The number of urea groups is 1. The van der Waals surface area contributed by atoms with Crippen molar-refractivity contribution in [2.75, 3.05) is 20.1 Å². The first-order valence-electron chi connectivity index (χ1n) is 7.09. The van der Waals surface area contributed by atoms with Gasteiger partial charge in [-0.15, -0.1) is 0 Å². The van der Waals surface area contributed by atoms with Gasteiger partial charge in [0.15, 0.2) is 11.6 Å². The summed E-state index contributed by atoms with van der Waals surface area (Å²) in [6.07, 6.45) is 0.140. The van der Waals surface area contributed by atoms with Gasteiger partial charge < -0.3 is 9.80 Å². The molecule has 23 heavy (non-hydrogen) atoms. The molecular weight excluding hydrogens is 308 g/mol. The Morgan fingerprint density at radius 1 is 1.35 bits per heavy atom. The lowest BCUT2D eigenvalue weighted by Gasteiger charge is -2.30. The van der Waals surface area contributed by atoms with Crippen LogP contribution in [-0.2, 0) is 9.59 Å². The van der Waals surface area contributed by atoms with Crippen LogP contribution >= 0.6 is 0 Å². The zero-order chi connectivity index (χ0) is 17.1. The number of imide groups is 1. The van der Waals surface area contributed by atoms with E-state index in [0.29, 0.717) is 5.56 Å². The van der Waals surface area contributed by atoms with Crippen molar-refractivity contribution in [3.05, 3.63) is 35.4 Å². The minimum Gasteiger partial charge on any atom is -0.337 e. The van der Waals surface area contributed by atoms with Crippen LogP contribution in [0.5, 0.6) is 0 Å². The third-order valence-corrected chi connectivity index (χ3v) is 3.87. The SMILES string of the molecule is CC(c1ccc(F)c(F)c1)N(C)C(=O)CN1CCC(=O)NC1=O. The third kappa shape index (κ3) is 3.82. The van der Waals surface area contributed by atoms with Crippen LogP contribution in [0.2, 0.25) is 0 Å². The summed E-state index contributed by atoms with van der Waals surface area (Å²) in [7, 11) is 1.52. The number of halogens is 2. The number of nitrogens with one attached hydrogen (secondary N) is 1. The zero-order valence-corrected chi connectivity index (χ0v) is 12.8. The van der Waals surface area contributed by atoms with Crippen LogP contribution in [0.1, 0.15) is 24.9 Å². The molecule has 0 radical (unpaired) electrons. The molecular formula is C15H17F2N3O3. The fraction of sp³-hybridized carbons (Fsp3) is 0.400. The van der Waals surface area contributed by atoms with Crippen molar-refractivity contribution in [1.29, 1.82) is 0 Å². The first-order chi connectivity index (χ1) is 10.8. The van der Waals surface area contributed by atoms with E-state index in [1.807, 2.05) is 0 Å². The lowest BCUT2D eigenvalue weighted by molar-refractivity contribution is -0.133. The summed E-state index contributed by atoms with van der Waals surface area (Å²) >= 11 is 0. The average Bonchev–Trinajstić information content (AvgIpc) is 2.51. The topological polar surface area (TPSA) is 69.7 Å². The Morgan fingerprint density at radius 3 is 2.65 bits per heavy atom. The summed E-state index contributed by atoms with van der Waals surface area (Å²) in [4.78, 5) is 37.5. The van der Waals surface area contributed by atoms with E-state index in [1.54, 1.807) is 6.92 Å². The lowest BCUT2D eigenvalue weighted by atomic mass is 10.1. The van der Waals surface area contributed by atoms with E-state index in [1.165, 1.54) is 22.9 Å². The molecule has 1 aliphatic rings. The molecule has 1 aromatic rings. The zero-order valence-electron chi connectivity index (χ0n) is 12.8. The van der Waals surface area contributed by atoms with Crippen molar-refractivity contribution in [2.45, 2.75) is 19.4 Å². The van der Waals surface area contributed by atoms with E-state index in [-0.39, 0.29) is 31.3 Å². The normalized spacial score (nSPS) is 16.1. The number of likely N-dealkylation sites (N-methyl/N-ethyl adjacent to an activating group) is 1. The highest BCUT2D eigenvalue weighted by atomic mass is 19.2. The van der Waals surface area contributed by atoms with E-state index in [4.69, 9.17) is 0 Å². The molecule has 1 heterocycles. The minimum absolute atomic E-state index is 0.140. The van der Waals surface area contributed by atoms with Crippen LogP contribution in [-0.4, -0.2) is 47.8 Å². The predicted octanol–water partition coefficient (Wildman–Crippen LogP) is 1.43. The second-order valence-electron chi connectivity index (χ2n) is 5.38. The van der Waals surface area contributed by atoms with Gasteiger partial charge in [0, 0.05) is 20.0 Å². The van der Waals surface area contributed by atoms with Crippen molar-refractivity contribution in [2.24, 2.45) is 0 Å². The van der Waals surface area contributed by atoms with Gasteiger partial charge in [-0.2, -0.15) is 0 Å². The number of carbonyl (C=O) groups is 3. The molecule has 0 aliphatic carbocycles. The smallest absolute Gasteiger partial charge is 0.324 e. The fourth-order valence-corrected chi connectivity index (χ4v) is 2.24. The van der Waals surface area contributed by atoms with E-state index in [0.717, 1.165) is 12.1 Å². The van der Waals surface area contributed by atoms with Crippen molar-refractivity contribution in [3.63, 3.8) is 0 Å². The molecule has 1 saturated heterocycles. The molecule has 0 saturated carbocycles. The van der Waals surface area contributed by atoms with Gasteiger partial charge in [0.25, 0.3) is 0 Å². The van der Waals surface area contributed by atoms with E-state index in [9.17, 15) is 23.2 Å². The monoisotopic (exact) mass is 325 g/mol. The summed E-state index contributed by atoms with van der Waals surface area (Å²) in [6.45, 7) is 1.65. The maximum atomic E-state index is 13.3. The Bertz CT molecular complexity index is 651. The van der Waals surface area contributed by atoms with Gasteiger partial charge in [-0.3, -0.25) is 14.9 Å². The highest BCUT2D eigenvalue weighted by Crippen LogP contribution is 2.21. The molecule has 2 rings (SSSR count). The highest BCUT2D eigenvalue weighted by molar-refractivity contribution is 5.98. The predicted molar refractivity (Wildman–Crippen MR) is 77.3 cm³/mol. The second kappa shape index (κ2) is 6.72. The summed E-state index contributed by atoms with van der Waals surface area (Å²) < 4.78 is 26.3. The van der Waals surface area contributed by atoms with Crippen LogP contribution in [0, 0.1) is 11.6 Å². The van der Waals surface area contributed by atoms with Gasteiger partial charge in [-0.1, -0.05) is 6.07 Å². The standard InChI is InChI=1S/C15H17F2N3O3/c1-9(10-3-4-11(16)12(17)7-10)19(2)14(22)8-20-6-5-13(21)18-15(20)23/h3-4,7,9H,5-6,8H2,1-2H3,(H,18,21,23). The lowest BCUT2D eigenvalue weighted by Crippen LogP contribution is -2.52. The Labute approximate surface area is 132 Å². The summed E-state index contributed by atoms with van der Waals surface area (Å²) in [5.41, 5.74) is 0.443. The molecule has 4 amide bonds. The molecule has 0 bridgehead atoms. The summed E-state index contributed by atoms with van der Waals surface area (Å²) in [6, 6.07) is 2.34. The fourth-order valence-electron chi connectivity index (χ4n) is 2.24. The Hall–Kier alpha value is -2.51. The molecule has 0 aromatic heterocycles. The molecule has 6 nitrogen and oxygen atoms in total. The molecule has 1 unspecified atom stereocenters. The van der Waals surface area contributed by atoms with Gasteiger partial charge in [0.1, 0.15) is 6.54 Å². The van der Waals surface area contributed by atoms with Crippen LogP contribution in [0.3, 0.4) is 0 Å². The van der Waals surface area contributed by atoms with Crippen LogP contribution in [0.15, 0.2) is 18.2 Å². The van der Waals surface area contributed by atoms with Crippen molar-refractivity contribution < 1.29 is 23.2 Å². The van der Waals surface area contributed by atoms with Gasteiger partial charge in [0.2, 0.25) is 11.8 Å².